The van der Waals surface area contributed by atoms with E-state index < -0.39 is 11.9 Å². The van der Waals surface area contributed by atoms with Crippen LogP contribution in [-0.4, -0.2) is 23.6 Å². The maximum absolute atomic E-state index is 13.4. The fraction of sp³-hybridized carbons (Fsp3) is 0.375. The number of carbonyl (C=O) groups is 2. The second-order valence-corrected chi connectivity index (χ2v) is 9.25. The lowest BCUT2D eigenvalue weighted by Crippen LogP contribution is -2.16. The summed E-state index contributed by atoms with van der Waals surface area (Å²) in [6, 6.07) is 7.16. The first-order valence-electron chi connectivity index (χ1n) is 10.9. The van der Waals surface area contributed by atoms with Crippen molar-refractivity contribution in [3.63, 3.8) is 0 Å². The first-order chi connectivity index (χ1) is 15.5. The summed E-state index contributed by atoms with van der Waals surface area (Å²) in [6.45, 7) is 3.74. The zero-order valence-corrected chi connectivity index (χ0v) is 19.7. The third-order valence-corrected chi connectivity index (χ3v) is 7.13. The third-order valence-electron chi connectivity index (χ3n) is 5.60. The van der Waals surface area contributed by atoms with Crippen molar-refractivity contribution >= 4 is 39.8 Å². The zero-order chi connectivity index (χ0) is 22.7. The van der Waals surface area contributed by atoms with Crippen LogP contribution in [0, 0.1) is 6.92 Å². The molecular formula is C24H25ClN2O4S. The molecule has 1 aromatic carbocycles. The lowest BCUT2D eigenvalue weighted by Gasteiger charge is -2.11. The Balaban J connectivity index is 1.73. The summed E-state index contributed by atoms with van der Waals surface area (Å²) in [5.74, 6) is -0.405. The van der Waals surface area contributed by atoms with E-state index in [9.17, 15) is 9.59 Å². The van der Waals surface area contributed by atoms with Crippen LogP contribution in [0.1, 0.15) is 69.5 Å². The quantitative estimate of drug-likeness (QED) is 0.431. The highest BCUT2D eigenvalue weighted by atomic mass is 35.5. The number of halogens is 1. The lowest BCUT2D eigenvalue weighted by molar-refractivity contribution is 0.0526. The van der Waals surface area contributed by atoms with E-state index in [0.29, 0.717) is 38.2 Å². The van der Waals surface area contributed by atoms with E-state index in [4.69, 9.17) is 20.9 Å². The Hall–Kier alpha value is -2.64. The molecule has 8 heteroatoms. The number of esters is 1. The van der Waals surface area contributed by atoms with Crippen LogP contribution in [0.4, 0.5) is 5.00 Å². The van der Waals surface area contributed by atoms with Crippen molar-refractivity contribution in [2.45, 2.75) is 52.4 Å². The van der Waals surface area contributed by atoms with Crippen molar-refractivity contribution in [1.29, 1.82) is 0 Å². The van der Waals surface area contributed by atoms with Gasteiger partial charge in [-0.25, -0.2) is 4.79 Å². The van der Waals surface area contributed by atoms with E-state index in [0.717, 1.165) is 42.5 Å². The van der Waals surface area contributed by atoms with Gasteiger partial charge in [0.05, 0.1) is 17.2 Å². The van der Waals surface area contributed by atoms with Crippen molar-refractivity contribution in [1.82, 2.24) is 5.16 Å². The standard InChI is InChI=1S/C24H25ClN2O4S/c1-3-30-24(29)20-16-11-6-4-5-7-13-18(16)32-23(20)26-22(28)19-14(2)31-27-21(19)15-10-8-9-12-17(15)25/h8-10,12H,3-7,11,13H2,1-2H3,(H,26,28). The van der Waals surface area contributed by atoms with Crippen LogP contribution in [0.15, 0.2) is 28.8 Å². The summed E-state index contributed by atoms with van der Waals surface area (Å²) in [6.07, 6.45) is 6.12. The largest absolute Gasteiger partial charge is 0.462 e. The number of anilines is 1. The van der Waals surface area contributed by atoms with Gasteiger partial charge in [0.1, 0.15) is 22.0 Å². The summed E-state index contributed by atoms with van der Waals surface area (Å²) in [7, 11) is 0. The third kappa shape index (κ3) is 4.45. The molecule has 32 heavy (non-hydrogen) atoms. The summed E-state index contributed by atoms with van der Waals surface area (Å²) < 4.78 is 10.7. The maximum atomic E-state index is 13.4. The Morgan fingerprint density at radius 1 is 1.16 bits per heavy atom. The molecule has 0 spiro atoms. The number of aryl methyl sites for hydroxylation is 2. The fourth-order valence-corrected chi connectivity index (χ4v) is 5.57. The highest BCUT2D eigenvalue weighted by molar-refractivity contribution is 7.17. The van der Waals surface area contributed by atoms with Gasteiger partial charge in [0.2, 0.25) is 0 Å². The molecule has 0 saturated heterocycles. The average molecular weight is 473 g/mol. The summed E-state index contributed by atoms with van der Waals surface area (Å²) in [5, 5.41) is 8.03. The molecule has 1 aliphatic carbocycles. The molecule has 1 amide bonds. The molecule has 0 unspecified atom stereocenters. The monoisotopic (exact) mass is 472 g/mol. The predicted octanol–water partition coefficient (Wildman–Crippen LogP) is 6.45. The number of carbonyl (C=O) groups excluding carboxylic acids is 2. The van der Waals surface area contributed by atoms with E-state index in [2.05, 4.69) is 10.5 Å². The SMILES string of the molecule is CCOC(=O)c1c(NC(=O)c2c(-c3ccccc3Cl)noc2C)sc2c1CCCCCC2. The van der Waals surface area contributed by atoms with Crippen molar-refractivity contribution in [2.24, 2.45) is 0 Å². The Morgan fingerprint density at radius 3 is 2.66 bits per heavy atom. The van der Waals surface area contributed by atoms with Gasteiger partial charge >= 0.3 is 5.97 Å². The first-order valence-corrected chi connectivity index (χ1v) is 12.0. The van der Waals surface area contributed by atoms with Gasteiger partial charge in [-0.3, -0.25) is 4.79 Å². The molecule has 3 aromatic rings. The molecule has 0 aliphatic heterocycles. The Bertz CT molecular complexity index is 1150. The molecule has 0 bridgehead atoms. The van der Waals surface area contributed by atoms with E-state index in [-0.39, 0.29) is 6.61 Å². The minimum Gasteiger partial charge on any atom is -0.462 e. The lowest BCUT2D eigenvalue weighted by atomic mass is 9.96. The number of thiophene rings is 1. The highest BCUT2D eigenvalue weighted by Gasteiger charge is 2.29. The van der Waals surface area contributed by atoms with Crippen LogP contribution >= 0.6 is 22.9 Å². The number of benzene rings is 1. The Morgan fingerprint density at radius 2 is 1.91 bits per heavy atom. The van der Waals surface area contributed by atoms with E-state index >= 15 is 0 Å². The summed E-state index contributed by atoms with van der Waals surface area (Å²) in [5.41, 5.74) is 2.78. The molecule has 0 atom stereocenters. The number of ether oxygens (including phenoxy) is 1. The molecule has 0 fully saturated rings. The van der Waals surface area contributed by atoms with Gasteiger partial charge in [0.15, 0.2) is 0 Å². The van der Waals surface area contributed by atoms with Crippen LogP contribution in [-0.2, 0) is 17.6 Å². The molecule has 4 rings (SSSR count). The van der Waals surface area contributed by atoms with Crippen molar-refractivity contribution in [3.8, 4) is 11.3 Å². The van der Waals surface area contributed by atoms with Crippen LogP contribution in [0.5, 0.6) is 0 Å². The molecule has 1 aliphatic rings. The van der Waals surface area contributed by atoms with E-state index in [1.807, 2.05) is 12.1 Å². The number of amides is 1. The first kappa shape index (κ1) is 22.6. The number of aromatic nitrogens is 1. The van der Waals surface area contributed by atoms with Gasteiger partial charge in [-0.15, -0.1) is 11.3 Å². The van der Waals surface area contributed by atoms with Gasteiger partial charge in [-0.1, -0.05) is 47.8 Å². The minimum absolute atomic E-state index is 0.276. The fourth-order valence-electron chi connectivity index (χ4n) is 4.07. The van der Waals surface area contributed by atoms with Crippen molar-refractivity contribution in [2.75, 3.05) is 11.9 Å². The Labute approximate surface area is 195 Å². The molecule has 0 radical (unpaired) electrons. The van der Waals surface area contributed by atoms with Crippen molar-refractivity contribution in [3.05, 3.63) is 56.6 Å². The number of rotatable bonds is 5. The maximum Gasteiger partial charge on any atom is 0.341 e. The molecule has 2 heterocycles. The van der Waals surface area contributed by atoms with Crippen LogP contribution < -0.4 is 5.32 Å². The highest BCUT2D eigenvalue weighted by Crippen LogP contribution is 2.39. The number of hydrogen-bond acceptors (Lipinski definition) is 6. The van der Waals surface area contributed by atoms with Crippen LogP contribution in [0.25, 0.3) is 11.3 Å². The van der Waals surface area contributed by atoms with Crippen molar-refractivity contribution < 1.29 is 18.8 Å². The molecule has 1 N–H and O–H groups in total. The average Bonchev–Trinajstić information content (AvgIpc) is 3.28. The van der Waals surface area contributed by atoms with Crippen LogP contribution in [0.2, 0.25) is 5.02 Å². The number of nitrogens with zero attached hydrogens (tertiary/aromatic N) is 1. The molecule has 2 aromatic heterocycles. The van der Waals surface area contributed by atoms with Gasteiger partial charge < -0.3 is 14.6 Å². The minimum atomic E-state index is -0.394. The normalized spacial score (nSPS) is 13.7. The molecule has 168 valence electrons. The van der Waals surface area contributed by atoms with Gasteiger partial charge in [-0.2, -0.15) is 0 Å². The van der Waals surface area contributed by atoms with E-state index in [1.54, 1.807) is 26.0 Å². The summed E-state index contributed by atoms with van der Waals surface area (Å²) in [4.78, 5) is 27.4. The predicted molar refractivity (Wildman–Crippen MR) is 126 cm³/mol. The number of nitrogens with one attached hydrogen (secondary N) is 1. The Kier molecular flexibility index (Phi) is 6.96. The van der Waals surface area contributed by atoms with Gasteiger partial charge in [0, 0.05) is 10.4 Å². The second-order valence-electron chi connectivity index (χ2n) is 7.74. The van der Waals surface area contributed by atoms with E-state index in [1.165, 1.54) is 17.8 Å². The smallest absolute Gasteiger partial charge is 0.341 e. The number of hydrogen-bond donors (Lipinski definition) is 1. The second kappa shape index (κ2) is 9.88. The summed E-state index contributed by atoms with van der Waals surface area (Å²) >= 11 is 7.80. The topological polar surface area (TPSA) is 81.4 Å². The molecular weight excluding hydrogens is 448 g/mol. The van der Waals surface area contributed by atoms with Gasteiger partial charge in [0.25, 0.3) is 5.91 Å². The van der Waals surface area contributed by atoms with Gasteiger partial charge in [-0.05, 0) is 51.2 Å². The van der Waals surface area contributed by atoms with Crippen LogP contribution in [0.3, 0.4) is 0 Å². The number of fused-ring (bicyclic) bond motifs is 1. The molecule has 0 saturated carbocycles. The molecule has 6 nitrogen and oxygen atoms in total. The zero-order valence-electron chi connectivity index (χ0n) is 18.1.